The average molecular weight is 462 g/mol. The van der Waals surface area contributed by atoms with Gasteiger partial charge in [0.05, 0.1) is 17.6 Å². The fourth-order valence-electron chi connectivity index (χ4n) is 2.92. The quantitative estimate of drug-likeness (QED) is 0.335. The summed E-state index contributed by atoms with van der Waals surface area (Å²) in [5, 5.41) is 16.4. The van der Waals surface area contributed by atoms with Gasteiger partial charge in [-0.15, -0.1) is 0 Å². The minimum atomic E-state index is -0.834. The monoisotopic (exact) mass is 461 g/mol. The van der Waals surface area contributed by atoms with Gasteiger partial charge in [-0.1, -0.05) is 37.6 Å². The van der Waals surface area contributed by atoms with E-state index in [0.29, 0.717) is 18.5 Å². The van der Waals surface area contributed by atoms with Crippen LogP contribution in [0.2, 0.25) is 5.02 Å². The van der Waals surface area contributed by atoms with Crippen molar-refractivity contribution in [1.29, 1.82) is 0 Å². The van der Waals surface area contributed by atoms with Gasteiger partial charge < -0.3 is 15.4 Å². The number of nitrogens with one attached hydrogen (secondary N) is 2. The number of amides is 2. The van der Waals surface area contributed by atoms with Crippen LogP contribution in [0.15, 0.2) is 42.5 Å². The third-order valence-electron chi connectivity index (χ3n) is 4.73. The number of nitrogens with zero attached hydrogens (tertiary/aromatic N) is 1. The summed E-state index contributed by atoms with van der Waals surface area (Å²) >= 11 is 5.78. The van der Waals surface area contributed by atoms with Crippen LogP contribution >= 0.6 is 11.6 Å². The second-order valence-electron chi connectivity index (χ2n) is 7.35. The van der Waals surface area contributed by atoms with Crippen molar-refractivity contribution >= 4 is 35.1 Å². The lowest BCUT2D eigenvalue weighted by Crippen LogP contribution is -2.50. The molecule has 2 rings (SSSR count). The maximum Gasteiger partial charge on any atom is 0.337 e. The number of halogens is 1. The highest BCUT2D eigenvalue weighted by atomic mass is 35.5. The molecule has 10 heteroatoms. The SMILES string of the molecule is COC(=O)c1ccc(CCNC(=O)C(NC(=O)c2ccc(Cl)c([N+](=O)[O-])c2)C(C)C)cc1. The molecule has 0 aromatic heterocycles. The third-order valence-corrected chi connectivity index (χ3v) is 5.05. The van der Waals surface area contributed by atoms with Gasteiger partial charge in [0.15, 0.2) is 0 Å². The van der Waals surface area contributed by atoms with E-state index in [9.17, 15) is 24.5 Å². The lowest BCUT2D eigenvalue weighted by atomic mass is 10.0. The number of benzene rings is 2. The first-order valence-electron chi connectivity index (χ1n) is 9.83. The van der Waals surface area contributed by atoms with Gasteiger partial charge in [-0.25, -0.2) is 4.79 Å². The summed E-state index contributed by atoms with van der Waals surface area (Å²) in [5.74, 6) is -1.63. The predicted octanol–water partition coefficient (Wildman–Crippen LogP) is 3.15. The fraction of sp³-hybridized carbons (Fsp3) is 0.318. The van der Waals surface area contributed by atoms with Gasteiger partial charge in [0.2, 0.25) is 5.91 Å². The lowest BCUT2D eigenvalue weighted by molar-refractivity contribution is -0.384. The van der Waals surface area contributed by atoms with E-state index in [1.807, 2.05) is 0 Å². The molecule has 2 N–H and O–H groups in total. The molecule has 2 amide bonds. The second-order valence-corrected chi connectivity index (χ2v) is 7.76. The molecule has 0 saturated carbocycles. The van der Waals surface area contributed by atoms with Crippen LogP contribution in [0.1, 0.15) is 40.1 Å². The van der Waals surface area contributed by atoms with Crippen LogP contribution in [0.5, 0.6) is 0 Å². The topological polar surface area (TPSA) is 128 Å². The normalized spacial score (nSPS) is 11.5. The Hall–Kier alpha value is -3.46. The van der Waals surface area contributed by atoms with Crippen molar-refractivity contribution in [2.45, 2.75) is 26.3 Å². The van der Waals surface area contributed by atoms with Gasteiger partial charge in [0.1, 0.15) is 11.1 Å². The van der Waals surface area contributed by atoms with Crippen molar-refractivity contribution in [3.63, 3.8) is 0 Å². The molecular weight excluding hydrogens is 438 g/mol. The van der Waals surface area contributed by atoms with Crippen LogP contribution in [0.4, 0.5) is 5.69 Å². The Balaban J connectivity index is 1.97. The Morgan fingerprint density at radius 1 is 1.09 bits per heavy atom. The highest BCUT2D eigenvalue weighted by molar-refractivity contribution is 6.32. The average Bonchev–Trinajstić information content (AvgIpc) is 2.76. The number of ether oxygens (including phenoxy) is 1. The van der Waals surface area contributed by atoms with E-state index in [-0.39, 0.29) is 28.1 Å². The van der Waals surface area contributed by atoms with E-state index in [1.165, 1.54) is 19.2 Å². The second kappa shape index (κ2) is 11.2. The van der Waals surface area contributed by atoms with Crippen molar-refractivity contribution in [2.75, 3.05) is 13.7 Å². The molecule has 0 aliphatic carbocycles. The standard InChI is InChI=1S/C22H24ClN3O6/c1-13(2)19(25-20(27)16-8-9-17(23)18(12-16)26(30)31)21(28)24-11-10-14-4-6-15(7-5-14)22(29)32-3/h4-9,12-13,19H,10-11H2,1-3H3,(H,24,28)(H,25,27). The van der Waals surface area contributed by atoms with E-state index in [0.717, 1.165) is 11.6 Å². The first kappa shape index (κ1) is 24.8. The maximum absolute atomic E-state index is 12.6. The number of carbonyl (C=O) groups excluding carboxylic acids is 3. The molecule has 0 bridgehead atoms. The molecule has 0 aliphatic heterocycles. The van der Waals surface area contributed by atoms with Crippen molar-refractivity contribution in [3.05, 3.63) is 74.3 Å². The zero-order valence-corrected chi connectivity index (χ0v) is 18.6. The molecule has 0 heterocycles. The van der Waals surface area contributed by atoms with Crippen molar-refractivity contribution in [1.82, 2.24) is 10.6 Å². The summed E-state index contributed by atoms with van der Waals surface area (Å²) in [6, 6.07) is 9.70. The molecule has 170 valence electrons. The summed E-state index contributed by atoms with van der Waals surface area (Å²) in [6.07, 6.45) is 0.523. The summed E-state index contributed by atoms with van der Waals surface area (Å²) in [6.45, 7) is 3.88. The van der Waals surface area contributed by atoms with Crippen molar-refractivity contribution in [3.8, 4) is 0 Å². The minimum absolute atomic E-state index is 0.0326. The minimum Gasteiger partial charge on any atom is -0.465 e. The molecule has 0 fully saturated rings. The smallest absolute Gasteiger partial charge is 0.337 e. The highest BCUT2D eigenvalue weighted by Gasteiger charge is 2.25. The Morgan fingerprint density at radius 2 is 1.72 bits per heavy atom. The number of carbonyl (C=O) groups is 3. The van der Waals surface area contributed by atoms with Crippen LogP contribution in [-0.4, -0.2) is 42.4 Å². The van der Waals surface area contributed by atoms with Crippen LogP contribution in [0, 0.1) is 16.0 Å². The first-order chi connectivity index (χ1) is 15.1. The molecule has 32 heavy (non-hydrogen) atoms. The summed E-state index contributed by atoms with van der Waals surface area (Å²) < 4.78 is 4.65. The van der Waals surface area contributed by atoms with E-state index < -0.39 is 22.8 Å². The van der Waals surface area contributed by atoms with E-state index >= 15 is 0 Å². The number of hydrogen-bond acceptors (Lipinski definition) is 6. The molecule has 0 radical (unpaired) electrons. The number of nitro benzene ring substituents is 1. The van der Waals surface area contributed by atoms with Gasteiger partial charge in [-0.05, 0) is 42.2 Å². The molecule has 1 unspecified atom stereocenters. The molecule has 2 aromatic carbocycles. The molecule has 0 aliphatic rings. The van der Waals surface area contributed by atoms with E-state index in [2.05, 4.69) is 15.4 Å². The molecular formula is C22H24ClN3O6. The number of rotatable bonds is 9. The molecule has 0 saturated heterocycles. The van der Waals surface area contributed by atoms with Gasteiger partial charge in [0, 0.05) is 18.2 Å². The van der Waals surface area contributed by atoms with Gasteiger partial charge in [0.25, 0.3) is 11.6 Å². The maximum atomic E-state index is 12.6. The molecule has 2 aromatic rings. The van der Waals surface area contributed by atoms with Crippen LogP contribution in [0.25, 0.3) is 0 Å². The highest BCUT2D eigenvalue weighted by Crippen LogP contribution is 2.25. The van der Waals surface area contributed by atoms with Crippen LogP contribution < -0.4 is 10.6 Å². The largest absolute Gasteiger partial charge is 0.465 e. The first-order valence-corrected chi connectivity index (χ1v) is 10.2. The predicted molar refractivity (Wildman–Crippen MR) is 119 cm³/mol. The third kappa shape index (κ3) is 6.52. The lowest BCUT2D eigenvalue weighted by Gasteiger charge is -2.22. The zero-order chi connectivity index (χ0) is 23.8. The van der Waals surface area contributed by atoms with E-state index in [1.54, 1.807) is 38.1 Å². The van der Waals surface area contributed by atoms with Gasteiger partial charge in [-0.3, -0.25) is 19.7 Å². The molecule has 9 nitrogen and oxygen atoms in total. The summed E-state index contributed by atoms with van der Waals surface area (Å²) in [5.41, 5.74) is 0.996. The summed E-state index contributed by atoms with van der Waals surface area (Å²) in [4.78, 5) is 47.0. The van der Waals surface area contributed by atoms with E-state index in [4.69, 9.17) is 11.6 Å². The van der Waals surface area contributed by atoms with Gasteiger partial charge >= 0.3 is 5.97 Å². The Morgan fingerprint density at radius 3 is 2.28 bits per heavy atom. The number of nitro groups is 1. The molecule has 0 spiro atoms. The van der Waals surface area contributed by atoms with Crippen LogP contribution in [0.3, 0.4) is 0 Å². The van der Waals surface area contributed by atoms with Crippen molar-refractivity contribution in [2.24, 2.45) is 5.92 Å². The summed E-state index contributed by atoms with van der Waals surface area (Å²) in [7, 11) is 1.31. The van der Waals surface area contributed by atoms with Crippen molar-refractivity contribution < 1.29 is 24.0 Å². The Kier molecular flexibility index (Phi) is 8.71. The molecule has 1 atom stereocenters. The Bertz CT molecular complexity index is 1010. The zero-order valence-electron chi connectivity index (χ0n) is 17.9. The van der Waals surface area contributed by atoms with Gasteiger partial charge in [-0.2, -0.15) is 0 Å². The van der Waals surface area contributed by atoms with Crippen LogP contribution in [-0.2, 0) is 16.0 Å². The number of methoxy groups -OCH3 is 1. The number of esters is 1. The number of hydrogen-bond donors (Lipinski definition) is 2. The fourth-order valence-corrected chi connectivity index (χ4v) is 3.11. The Labute approximate surface area is 190 Å².